The predicted molar refractivity (Wildman–Crippen MR) is 80.8 cm³/mol. The maximum Gasteiger partial charge on any atom is 0.263 e. The van der Waals surface area contributed by atoms with E-state index in [9.17, 15) is 8.42 Å². The standard InChI is InChI=1S/C12H10BrClN2O2S/c13-9-3-1-2-4-11(9)16-19(17,18)12-6-5-8(15)7-10(12)14/h1-7,16H,15H2. The summed E-state index contributed by atoms with van der Waals surface area (Å²) in [6.45, 7) is 0. The van der Waals surface area contributed by atoms with Crippen LogP contribution >= 0.6 is 27.5 Å². The third kappa shape index (κ3) is 3.20. The van der Waals surface area contributed by atoms with Crippen molar-refractivity contribution in [3.63, 3.8) is 0 Å². The molecule has 3 N–H and O–H groups in total. The third-order valence-electron chi connectivity index (χ3n) is 2.36. The van der Waals surface area contributed by atoms with Crippen LogP contribution in [0.15, 0.2) is 51.8 Å². The fourth-order valence-corrected chi connectivity index (χ4v) is 3.63. The molecule has 2 aromatic carbocycles. The summed E-state index contributed by atoms with van der Waals surface area (Å²) < 4.78 is 27.6. The molecule has 0 bridgehead atoms. The van der Waals surface area contributed by atoms with E-state index >= 15 is 0 Å². The number of benzene rings is 2. The molecule has 100 valence electrons. The molecule has 0 saturated carbocycles. The van der Waals surface area contributed by atoms with E-state index in [4.69, 9.17) is 17.3 Å². The van der Waals surface area contributed by atoms with Crippen LogP contribution in [0.3, 0.4) is 0 Å². The zero-order valence-electron chi connectivity index (χ0n) is 9.60. The van der Waals surface area contributed by atoms with Crippen molar-refractivity contribution in [3.8, 4) is 0 Å². The molecule has 0 aliphatic heterocycles. The highest BCUT2D eigenvalue weighted by molar-refractivity contribution is 9.10. The van der Waals surface area contributed by atoms with E-state index in [0.29, 0.717) is 15.8 Å². The number of halogens is 2. The van der Waals surface area contributed by atoms with E-state index in [1.165, 1.54) is 18.2 Å². The molecular weight excluding hydrogens is 352 g/mol. The van der Waals surface area contributed by atoms with Crippen molar-refractivity contribution in [2.24, 2.45) is 0 Å². The molecule has 0 amide bonds. The first-order valence-corrected chi connectivity index (χ1v) is 7.88. The maximum absolute atomic E-state index is 12.2. The first-order chi connectivity index (χ1) is 8.90. The second-order valence-electron chi connectivity index (χ2n) is 3.78. The second-order valence-corrected chi connectivity index (χ2v) is 6.69. The number of hydrogen-bond acceptors (Lipinski definition) is 3. The zero-order chi connectivity index (χ0) is 14.0. The van der Waals surface area contributed by atoms with Crippen molar-refractivity contribution in [2.75, 3.05) is 10.5 Å². The Bertz CT molecular complexity index is 719. The average molecular weight is 362 g/mol. The number of rotatable bonds is 3. The number of anilines is 2. The lowest BCUT2D eigenvalue weighted by atomic mass is 10.3. The SMILES string of the molecule is Nc1ccc(S(=O)(=O)Nc2ccccc2Br)c(Cl)c1. The van der Waals surface area contributed by atoms with Gasteiger partial charge in [0.25, 0.3) is 10.0 Å². The Balaban J connectivity index is 2.41. The molecule has 0 aliphatic carbocycles. The maximum atomic E-state index is 12.2. The zero-order valence-corrected chi connectivity index (χ0v) is 12.8. The fourth-order valence-electron chi connectivity index (χ4n) is 1.48. The Labute approximate surface area is 124 Å². The van der Waals surface area contributed by atoms with Gasteiger partial charge in [0.05, 0.1) is 10.7 Å². The summed E-state index contributed by atoms with van der Waals surface area (Å²) in [4.78, 5) is -0.0147. The number of nitrogens with one attached hydrogen (secondary N) is 1. The van der Waals surface area contributed by atoms with Crippen molar-refractivity contribution >= 4 is 48.9 Å². The highest BCUT2D eigenvalue weighted by Crippen LogP contribution is 2.28. The lowest BCUT2D eigenvalue weighted by Crippen LogP contribution is -2.13. The lowest BCUT2D eigenvalue weighted by Gasteiger charge is -2.11. The van der Waals surface area contributed by atoms with Gasteiger partial charge in [-0.25, -0.2) is 8.42 Å². The molecule has 19 heavy (non-hydrogen) atoms. The average Bonchev–Trinajstić information content (AvgIpc) is 2.31. The number of nitrogens with two attached hydrogens (primary N) is 1. The third-order valence-corrected chi connectivity index (χ3v) is 4.90. The van der Waals surface area contributed by atoms with Crippen LogP contribution in [0.25, 0.3) is 0 Å². The van der Waals surface area contributed by atoms with Crippen molar-refractivity contribution in [1.29, 1.82) is 0 Å². The van der Waals surface area contributed by atoms with Gasteiger partial charge in [0.2, 0.25) is 0 Å². The van der Waals surface area contributed by atoms with Gasteiger partial charge in [-0.15, -0.1) is 0 Å². The van der Waals surface area contributed by atoms with Crippen molar-refractivity contribution < 1.29 is 8.42 Å². The van der Waals surface area contributed by atoms with E-state index in [-0.39, 0.29) is 9.92 Å². The van der Waals surface area contributed by atoms with Crippen LogP contribution in [-0.4, -0.2) is 8.42 Å². The van der Waals surface area contributed by atoms with Crippen LogP contribution in [0, 0.1) is 0 Å². The van der Waals surface area contributed by atoms with Crippen LogP contribution in [0.4, 0.5) is 11.4 Å². The minimum atomic E-state index is -3.75. The molecule has 0 atom stereocenters. The summed E-state index contributed by atoms with van der Waals surface area (Å²) in [5, 5.41) is 0.0829. The van der Waals surface area contributed by atoms with Gasteiger partial charge in [-0.1, -0.05) is 23.7 Å². The van der Waals surface area contributed by atoms with Crippen LogP contribution < -0.4 is 10.5 Å². The molecule has 2 aromatic rings. The molecule has 0 heterocycles. The summed E-state index contributed by atoms with van der Waals surface area (Å²) in [7, 11) is -3.75. The summed E-state index contributed by atoms with van der Waals surface area (Å²) >= 11 is 9.18. The smallest absolute Gasteiger partial charge is 0.263 e. The van der Waals surface area contributed by atoms with Crippen molar-refractivity contribution in [1.82, 2.24) is 0 Å². The van der Waals surface area contributed by atoms with E-state index < -0.39 is 10.0 Å². The summed E-state index contributed by atoms with van der Waals surface area (Å²) in [5.74, 6) is 0. The van der Waals surface area contributed by atoms with Gasteiger partial charge in [-0.3, -0.25) is 4.72 Å². The van der Waals surface area contributed by atoms with Crippen LogP contribution in [-0.2, 0) is 10.0 Å². The van der Waals surface area contributed by atoms with E-state index in [0.717, 1.165) is 0 Å². The van der Waals surface area contributed by atoms with Gasteiger partial charge in [0, 0.05) is 10.2 Å². The quantitative estimate of drug-likeness (QED) is 0.822. The van der Waals surface area contributed by atoms with E-state index in [2.05, 4.69) is 20.7 Å². The van der Waals surface area contributed by atoms with Crippen LogP contribution in [0.5, 0.6) is 0 Å². The molecule has 0 saturated heterocycles. The lowest BCUT2D eigenvalue weighted by molar-refractivity contribution is 0.601. The van der Waals surface area contributed by atoms with Gasteiger partial charge in [0.15, 0.2) is 0 Å². The molecule has 0 fully saturated rings. The summed E-state index contributed by atoms with van der Waals surface area (Å²) in [6.07, 6.45) is 0. The number of hydrogen-bond donors (Lipinski definition) is 2. The topological polar surface area (TPSA) is 72.2 Å². The highest BCUT2D eigenvalue weighted by atomic mass is 79.9. The molecule has 0 aromatic heterocycles. The molecule has 0 aliphatic rings. The predicted octanol–water partition coefficient (Wildman–Crippen LogP) is 3.49. The minimum Gasteiger partial charge on any atom is -0.399 e. The monoisotopic (exact) mass is 360 g/mol. The molecule has 2 rings (SSSR count). The van der Waals surface area contributed by atoms with Gasteiger partial charge >= 0.3 is 0 Å². The molecule has 0 spiro atoms. The van der Waals surface area contributed by atoms with Gasteiger partial charge in [-0.05, 0) is 46.3 Å². The Morgan fingerprint density at radius 2 is 1.84 bits per heavy atom. The first-order valence-electron chi connectivity index (χ1n) is 5.22. The first kappa shape index (κ1) is 14.2. The Kier molecular flexibility index (Phi) is 4.03. The highest BCUT2D eigenvalue weighted by Gasteiger charge is 2.18. The molecule has 0 unspecified atom stereocenters. The van der Waals surface area contributed by atoms with E-state index in [1.54, 1.807) is 24.3 Å². The Hall–Kier alpha value is -1.24. The largest absolute Gasteiger partial charge is 0.399 e. The molecule has 0 radical (unpaired) electrons. The molecule has 4 nitrogen and oxygen atoms in total. The molecular formula is C12H10BrClN2O2S. The van der Waals surface area contributed by atoms with Gasteiger partial charge in [0.1, 0.15) is 4.90 Å². The van der Waals surface area contributed by atoms with Gasteiger partial charge in [-0.2, -0.15) is 0 Å². The molecule has 7 heteroatoms. The summed E-state index contributed by atoms with van der Waals surface area (Å²) in [6, 6.07) is 11.2. The number of nitrogen functional groups attached to an aromatic ring is 1. The summed E-state index contributed by atoms with van der Waals surface area (Å²) in [5.41, 5.74) is 6.39. The Morgan fingerprint density at radius 1 is 1.16 bits per heavy atom. The second kappa shape index (κ2) is 5.40. The van der Waals surface area contributed by atoms with E-state index in [1.807, 2.05) is 0 Å². The van der Waals surface area contributed by atoms with Crippen LogP contribution in [0.1, 0.15) is 0 Å². The number of sulfonamides is 1. The fraction of sp³-hybridized carbons (Fsp3) is 0. The normalized spacial score (nSPS) is 11.3. The van der Waals surface area contributed by atoms with Crippen LogP contribution in [0.2, 0.25) is 5.02 Å². The van der Waals surface area contributed by atoms with Gasteiger partial charge < -0.3 is 5.73 Å². The van der Waals surface area contributed by atoms with Crippen molar-refractivity contribution in [3.05, 3.63) is 52.0 Å². The number of para-hydroxylation sites is 1. The van der Waals surface area contributed by atoms with Crippen molar-refractivity contribution in [2.45, 2.75) is 4.90 Å². The Morgan fingerprint density at radius 3 is 2.47 bits per heavy atom. The minimum absolute atomic E-state index is 0.0147.